The molecule has 2 aromatic heterocycles. The van der Waals surface area contributed by atoms with E-state index in [4.69, 9.17) is 9.47 Å². The lowest BCUT2D eigenvalue weighted by atomic mass is 10.0. The van der Waals surface area contributed by atoms with Crippen molar-refractivity contribution in [3.05, 3.63) is 46.0 Å². The summed E-state index contributed by atoms with van der Waals surface area (Å²) in [5.74, 6) is -0.329. The predicted molar refractivity (Wildman–Crippen MR) is 92.9 cm³/mol. The number of morpholine rings is 1. The highest BCUT2D eigenvalue weighted by atomic mass is 16.5. The van der Waals surface area contributed by atoms with Gasteiger partial charge in [0.05, 0.1) is 18.3 Å². The van der Waals surface area contributed by atoms with Gasteiger partial charge in [-0.25, -0.2) is 4.98 Å². The molecule has 0 aliphatic carbocycles. The standard InChI is InChI=1S/C18H23N3O4/c1-12-5-6-21-15(7-12)19-8-14(17(21)23)16(22)20-9-13(10-24-4)25-18(2,3)11-20/h5-8,13H,9-11H2,1-4H3/t13-/m0/s1. The van der Waals surface area contributed by atoms with E-state index in [0.29, 0.717) is 25.3 Å². The molecule has 7 heteroatoms. The summed E-state index contributed by atoms with van der Waals surface area (Å²) in [5.41, 5.74) is 0.733. The van der Waals surface area contributed by atoms with Gasteiger partial charge in [0, 0.05) is 32.6 Å². The molecule has 1 aliphatic rings. The Kier molecular flexibility index (Phi) is 4.62. The SMILES string of the molecule is COC[C@@H]1CN(C(=O)c2cnc3cc(C)ccn3c2=O)CC(C)(C)O1. The first kappa shape index (κ1) is 17.6. The summed E-state index contributed by atoms with van der Waals surface area (Å²) >= 11 is 0. The summed E-state index contributed by atoms with van der Waals surface area (Å²) in [6, 6.07) is 3.62. The van der Waals surface area contributed by atoms with Crippen molar-refractivity contribution in [2.75, 3.05) is 26.8 Å². The van der Waals surface area contributed by atoms with Crippen LogP contribution in [0.3, 0.4) is 0 Å². The van der Waals surface area contributed by atoms with E-state index < -0.39 is 5.60 Å². The number of ether oxygens (including phenoxy) is 2. The number of amides is 1. The molecule has 0 unspecified atom stereocenters. The lowest BCUT2D eigenvalue weighted by Crippen LogP contribution is -2.56. The maximum absolute atomic E-state index is 12.9. The second kappa shape index (κ2) is 6.57. The minimum Gasteiger partial charge on any atom is -0.382 e. The van der Waals surface area contributed by atoms with E-state index in [-0.39, 0.29) is 23.1 Å². The lowest BCUT2D eigenvalue weighted by Gasteiger charge is -2.42. The number of nitrogens with zero attached hydrogens (tertiary/aromatic N) is 3. The molecule has 25 heavy (non-hydrogen) atoms. The van der Waals surface area contributed by atoms with Crippen molar-refractivity contribution in [3.8, 4) is 0 Å². The molecular formula is C18H23N3O4. The van der Waals surface area contributed by atoms with E-state index in [1.165, 1.54) is 10.6 Å². The average Bonchev–Trinajstić information content (AvgIpc) is 2.53. The van der Waals surface area contributed by atoms with Crippen LogP contribution in [0, 0.1) is 6.92 Å². The van der Waals surface area contributed by atoms with Crippen molar-refractivity contribution in [3.63, 3.8) is 0 Å². The third-order valence-electron chi connectivity index (χ3n) is 4.22. The minimum absolute atomic E-state index is 0.0650. The molecule has 134 valence electrons. The Hall–Kier alpha value is -2.25. The van der Waals surface area contributed by atoms with Gasteiger partial charge in [-0.15, -0.1) is 0 Å². The second-order valence-electron chi connectivity index (χ2n) is 7.05. The molecule has 3 rings (SSSR count). The van der Waals surface area contributed by atoms with Gasteiger partial charge in [-0.1, -0.05) is 0 Å². The first-order valence-corrected chi connectivity index (χ1v) is 8.25. The van der Waals surface area contributed by atoms with Crippen LogP contribution in [0.4, 0.5) is 0 Å². The van der Waals surface area contributed by atoms with Crippen molar-refractivity contribution in [1.29, 1.82) is 0 Å². The summed E-state index contributed by atoms with van der Waals surface area (Å²) in [6.45, 7) is 6.94. The fraction of sp³-hybridized carbons (Fsp3) is 0.500. The Balaban J connectivity index is 1.94. The maximum atomic E-state index is 12.9. The molecule has 0 N–H and O–H groups in total. The Morgan fingerprint density at radius 1 is 1.48 bits per heavy atom. The molecule has 1 atom stereocenters. The summed E-state index contributed by atoms with van der Waals surface area (Å²) in [6.07, 6.45) is 2.79. The highest BCUT2D eigenvalue weighted by molar-refractivity contribution is 5.94. The van der Waals surface area contributed by atoms with E-state index in [0.717, 1.165) is 5.56 Å². The van der Waals surface area contributed by atoms with Crippen molar-refractivity contribution in [2.45, 2.75) is 32.5 Å². The molecule has 0 saturated carbocycles. The van der Waals surface area contributed by atoms with E-state index in [1.54, 1.807) is 18.2 Å². The normalized spacial score (nSPS) is 20.0. The molecule has 0 radical (unpaired) electrons. The highest BCUT2D eigenvalue weighted by Gasteiger charge is 2.36. The highest BCUT2D eigenvalue weighted by Crippen LogP contribution is 2.22. The molecule has 7 nitrogen and oxygen atoms in total. The van der Waals surface area contributed by atoms with Gasteiger partial charge in [0.15, 0.2) is 0 Å². The van der Waals surface area contributed by atoms with Gasteiger partial charge in [0.1, 0.15) is 11.2 Å². The van der Waals surface area contributed by atoms with Crippen LogP contribution in [0.5, 0.6) is 0 Å². The van der Waals surface area contributed by atoms with Crippen LogP contribution in [0.25, 0.3) is 5.65 Å². The van der Waals surface area contributed by atoms with Crippen molar-refractivity contribution in [1.82, 2.24) is 14.3 Å². The first-order chi connectivity index (χ1) is 11.8. The zero-order valence-corrected chi connectivity index (χ0v) is 15.0. The Bertz CT molecular complexity index is 859. The fourth-order valence-corrected chi connectivity index (χ4v) is 3.22. The number of carbonyl (C=O) groups is 1. The predicted octanol–water partition coefficient (Wildman–Crippen LogP) is 1.27. The van der Waals surface area contributed by atoms with Crippen LogP contribution in [0.1, 0.15) is 29.8 Å². The minimum atomic E-state index is -0.505. The largest absolute Gasteiger partial charge is 0.382 e. The van der Waals surface area contributed by atoms with Gasteiger partial charge in [-0.2, -0.15) is 0 Å². The van der Waals surface area contributed by atoms with Crippen LogP contribution < -0.4 is 5.56 Å². The van der Waals surface area contributed by atoms with Gasteiger partial charge in [-0.05, 0) is 38.5 Å². The van der Waals surface area contributed by atoms with E-state index >= 15 is 0 Å². The second-order valence-corrected chi connectivity index (χ2v) is 7.05. The molecule has 2 aromatic rings. The summed E-state index contributed by atoms with van der Waals surface area (Å²) in [7, 11) is 1.60. The third kappa shape index (κ3) is 3.57. The quantitative estimate of drug-likeness (QED) is 0.838. The number of fused-ring (bicyclic) bond motifs is 1. The maximum Gasteiger partial charge on any atom is 0.270 e. The van der Waals surface area contributed by atoms with E-state index in [9.17, 15) is 9.59 Å². The zero-order valence-electron chi connectivity index (χ0n) is 15.0. The Morgan fingerprint density at radius 2 is 2.24 bits per heavy atom. The zero-order chi connectivity index (χ0) is 18.2. The summed E-state index contributed by atoms with van der Waals surface area (Å²) in [5, 5.41) is 0. The molecule has 1 aliphatic heterocycles. The molecule has 0 spiro atoms. The Labute approximate surface area is 146 Å². The van der Waals surface area contributed by atoms with Crippen LogP contribution in [0.15, 0.2) is 29.3 Å². The number of hydrogen-bond donors (Lipinski definition) is 0. The average molecular weight is 345 g/mol. The Morgan fingerprint density at radius 3 is 2.96 bits per heavy atom. The van der Waals surface area contributed by atoms with Crippen molar-refractivity contribution >= 4 is 11.6 Å². The van der Waals surface area contributed by atoms with Gasteiger partial charge < -0.3 is 14.4 Å². The van der Waals surface area contributed by atoms with Crippen LogP contribution in [0.2, 0.25) is 0 Å². The van der Waals surface area contributed by atoms with Gasteiger partial charge in [-0.3, -0.25) is 14.0 Å². The molecular weight excluding hydrogens is 322 g/mol. The summed E-state index contributed by atoms with van der Waals surface area (Å²) in [4.78, 5) is 31.6. The number of hydrogen-bond acceptors (Lipinski definition) is 5. The molecule has 0 aromatic carbocycles. The first-order valence-electron chi connectivity index (χ1n) is 8.25. The molecule has 1 fully saturated rings. The van der Waals surface area contributed by atoms with Crippen molar-refractivity contribution in [2.24, 2.45) is 0 Å². The number of carbonyl (C=O) groups excluding carboxylic acids is 1. The van der Waals surface area contributed by atoms with Crippen LogP contribution in [-0.4, -0.2) is 58.7 Å². The van der Waals surface area contributed by atoms with Crippen LogP contribution >= 0.6 is 0 Å². The lowest BCUT2D eigenvalue weighted by molar-refractivity contribution is -0.143. The molecule has 1 amide bonds. The number of aromatic nitrogens is 2. The van der Waals surface area contributed by atoms with E-state index in [1.807, 2.05) is 32.9 Å². The van der Waals surface area contributed by atoms with Crippen molar-refractivity contribution < 1.29 is 14.3 Å². The van der Waals surface area contributed by atoms with Crippen LogP contribution in [-0.2, 0) is 9.47 Å². The fourth-order valence-electron chi connectivity index (χ4n) is 3.22. The number of aryl methyl sites for hydroxylation is 1. The topological polar surface area (TPSA) is 73.1 Å². The van der Waals surface area contributed by atoms with Gasteiger partial charge in [0.25, 0.3) is 11.5 Å². The molecule has 3 heterocycles. The molecule has 1 saturated heterocycles. The van der Waals surface area contributed by atoms with Gasteiger partial charge >= 0.3 is 0 Å². The van der Waals surface area contributed by atoms with Gasteiger partial charge in [0.2, 0.25) is 0 Å². The summed E-state index contributed by atoms with van der Waals surface area (Å²) < 4.78 is 12.5. The number of rotatable bonds is 3. The number of pyridine rings is 1. The molecule has 0 bridgehead atoms. The third-order valence-corrected chi connectivity index (χ3v) is 4.22. The number of methoxy groups -OCH3 is 1. The monoisotopic (exact) mass is 345 g/mol. The smallest absolute Gasteiger partial charge is 0.270 e. The van der Waals surface area contributed by atoms with E-state index in [2.05, 4.69) is 4.98 Å².